The Hall–Kier alpha value is -0.670. The van der Waals surface area contributed by atoms with Gasteiger partial charge in [0, 0.05) is 6.04 Å². The van der Waals surface area contributed by atoms with Crippen LogP contribution in [0.2, 0.25) is 0 Å². The van der Waals surface area contributed by atoms with Gasteiger partial charge in [-0.1, -0.05) is 0 Å². The quantitative estimate of drug-likeness (QED) is 0.700. The predicted octanol–water partition coefficient (Wildman–Crippen LogP) is 2.20. The standard InChI is InChI=1S/C11H13IN4OS/c12-8-4-7-9(18-8)10(16-11(13)15-7)14-5-1-2-6(17)3-5/h4-6,17H,1-3H2,(H3,13,14,15,16)/t5-,6-/m1/s1. The van der Waals surface area contributed by atoms with E-state index in [4.69, 9.17) is 5.73 Å². The van der Waals surface area contributed by atoms with Crippen LogP contribution in [-0.2, 0) is 0 Å². The lowest BCUT2D eigenvalue weighted by Gasteiger charge is -2.13. The highest BCUT2D eigenvalue weighted by molar-refractivity contribution is 14.1. The van der Waals surface area contributed by atoms with E-state index < -0.39 is 0 Å². The van der Waals surface area contributed by atoms with Gasteiger partial charge >= 0.3 is 0 Å². The van der Waals surface area contributed by atoms with Gasteiger partial charge in [0.05, 0.1) is 19.2 Å². The van der Waals surface area contributed by atoms with Gasteiger partial charge in [0.15, 0.2) is 0 Å². The fourth-order valence-electron chi connectivity index (χ4n) is 2.30. The summed E-state index contributed by atoms with van der Waals surface area (Å²) in [4.78, 5) is 8.51. The zero-order valence-corrected chi connectivity index (χ0v) is 12.5. The molecular formula is C11H13IN4OS. The van der Waals surface area contributed by atoms with Crippen molar-refractivity contribution in [3.8, 4) is 0 Å². The molecule has 2 heterocycles. The molecule has 0 bridgehead atoms. The van der Waals surface area contributed by atoms with E-state index in [9.17, 15) is 5.11 Å². The van der Waals surface area contributed by atoms with Crippen LogP contribution in [0.15, 0.2) is 6.07 Å². The average molecular weight is 376 g/mol. The molecule has 2 aromatic rings. The molecule has 0 amide bonds. The summed E-state index contributed by atoms with van der Waals surface area (Å²) in [6, 6.07) is 2.28. The highest BCUT2D eigenvalue weighted by atomic mass is 127. The number of fused-ring (bicyclic) bond motifs is 1. The molecule has 0 aliphatic heterocycles. The number of anilines is 2. The highest BCUT2D eigenvalue weighted by Crippen LogP contribution is 2.33. The highest BCUT2D eigenvalue weighted by Gasteiger charge is 2.24. The van der Waals surface area contributed by atoms with Crippen LogP contribution < -0.4 is 11.1 Å². The molecule has 7 heteroatoms. The Bertz CT molecular complexity index is 588. The summed E-state index contributed by atoms with van der Waals surface area (Å²) in [5.41, 5.74) is 6.61. The van der Waals surface area contributed by atoms with E-state index in [0.29, 0.717) is 0 Å². The Morgan fingerprint density at radius 2 is 2.28 bits per heavy atom. The number of nitrogen functional groups attached to an aromatic ring is 1. The number of hydrogen-bond donors (Lipinski definition) is 3. The summed E-state index contributed by atoms with van der Waals surface area (Å²) >= 11 is 3.92. The molecule has 1 fully saturated rings. The van der Waals surface area contributed by atoms with Crippen LogP contribution >= 0.6 is 33.9 Å². The number of rotatable bonds is 2. The van der Waals surface area contributed by atoms with Gasteiger partial charge in [-0.25, -0.2) is 4.98 Å². The number of nitrogens with two attached hydrogens (primary N) is 1. The van der Waals surface area contributed by atoms with E-state index in [1.165, 1.54) is 0 Å². The Morgan fingerprint density at radius 3 is 3.00 bits per heavy atom. The second-order valence-corrected chi connectivity index (χ2v) is 7.45. The Labute approximate surface area is 122 Å². The lowest BCUT2D eigenvalue weighted by atomic mass is 10.2. The molecule has 2 aromatic heterocycles. The maximum absolute atomic E-state index is 9.55. The lowest BCUT2D eigenvalue weighted by Crippen LogP contribution is -2.18. The first-order valence-corrected chi connectivity index (χ1v) is 7.68. The van der Waals surface area contributed by atoms with Crippen LogP contribution in [0.4, 0.5) is 11.8 Å². The van der Waals surface area contributed by atoms with Gasteiger partial charge in [-0.3, -0.25) is 0 Å². The first-order chi connectivity index (χ1) is 8.61. The molecule has 0 unspecified atom stereocenters. The molecule has 0 aromatic carbocycles. The van der Waals surface area contributed by atoms with E-state index in [1.807, 2.05) is 6.07 Å². The van der Waals surface area contributed by atoms with Crippen molar-refractivity contribution in [2.75, 3.05) is 11.1 Å². The van der Waals surface area contributed by atoms with Gasteiger partial charge in [0.2, 0.25) is 5.95 Å². The van der Waals surface area contributed by atoms with Gasteiger partial charge in [-0.2, -0.15) is 4.98 Å². The predicted molar refractivity (Wildman–Crippen MR) is 81.8 cm³/mol. The SMILES string of the molecule is Nc1nc(N[C@@H]2CC[C@@H](O)C2)c2sc(I)cc2n1. The molecule has 3 rings (SSSR count). The Balaban J connectivity index is 1.95. The summed E-state index contributed by atoms with van der Waals surface area (Å²) < 4.78 is 2.20. The van der Waals surface area contributed by atoms with Crippen molar-refractivity contribution in [2.45, 2.75) is 31.4 Å². The maximum Gasteiger partial charge on any atom is 0.222 e. The second kappa shape index (κ2) is 4.78. The molecule has 1 saturated carbocycles. The molecule has 2 atom stereocenters. The van der Waals surface area contributed by atoms with Crippen LogP contribution in [0.1, 0.15) is 19.3 Å². The molecule has 0 saturated heterocycles. The van der Waals surface area contributed by atoms with Crippen molar-refractivity contribution in [1.29, 1.82) is 0 Å². The van der Waals surface area contributed by atoms with Crippen molar-refractivity contribution in [3.05, 3.63) is 8.95 Å². The summed E-state index contributed by atoms with van der Waals surface area (Å²) in [6.07, 6.45) is 2.40. The third-order valence-electron chi connectivity index (χ3n) is 3.10. The number of aliphatic hydroxyl groups excluding tert-OH is 1. The van der Waals surface area contributed by atoms with Crippen molar-refractivity contribution in [1.82, 2.24) is 9.97 Å². The largest absolute Gasteiger partial charge is 0.393 e. The van der Waals surface area contributed by atoms with Gasteiger partial charge in [0.1, 0.15) is 5.82 Å². The molecule has 96 valence electrons. The monoisotopic (exact) mass is 376 g/mol. The minimum absolute atomic E-state index is 0.194. The molecule has 1 aliphatic rings. The van der Waals surface area contributed by atoms with E-state index in [1.54, 1.807) is 11.3 Å². The van der Waals surface area contributed by atoms with Crippen LogP contribution in [0.5, 0.6) is 0 Å². The number of nitrogens with zero attached hydrogens (tertiary/aromatic N) is 2. The molecule has 0 radical (unpaired) electrons. The molecule has 0 spiro atoms. The average Bonchev–Trinajstić information content (AvgIpc) is 2.84. The van der Waals surface area contributed by atoms with E-state index in [0.717, 1.165) is 38.2 Å². The minimum Gasteiger partial charge on any atom is -0.393 e. The van der Waals surface area contributed by atoms with Gasteiger partial charge in [-0.05, 0) is 47.9 Å². The molecule has 4 N–H and O–H groups in total. The molecule has 1 aliphatic carbocycles. The number of aliphatic hydroxyl groups is 1. The van der Waals surface area contributed by atoms with Crippen LogP contribution in [0, 0.1) is 2.88 Å². The summed E-state index contributed by atoms with van der Waals surface area (Å²) in [5.74, 6) is 1.09. The van der Waals surface area contributed by atoms with Crippen molar-refractivity contribution < 1.29 is 5.11 Å². The van der Waals surface area contributed by atoms with Gasteiger partial charge in [0.25, 0.3) is 0 Å². The molecule has 18 heavy (non-hydrogen) atoms. The van der Waals surface area contributed by atoms with Crippen molar-refractivity contribution >= 4 is 55.9 Å². The lowest BCUT2D eigenvalue weighted by molar-refractivity contribution is 0.182. The van der Waals surface area contributed by atoms with E-state index >= 15 is 0 Å². The number of halogens is 1. The third kappa shape index (κ3) is 2.39. The smallest absolute Gasteiger partial charge is 0.222 e. The minimum atomic E-state index is -0.194. The van der Waals surface area contributed by atoms with E-state index in [2.05, 4.69) is 37.9 Å². The Morgan fingerprint density at radius 1 is 1.44 bits per heavy atom. The topological polar surface area (TPSA) is 84.1 Å². The molecule has 5 nitrogen and oxygen atoms in total. The maximum atomic E-state index is 9.55. The normalized spacial score (nSPS) is 23.7. The summed E-state index contributed by atoms with van der Waals surface area (Å²) in [5, 5.41) is 12.9. The van der Waals surface area contributed by atoms with E-state index in [-0.39, 0.29) is 18.1 Å². The van der Waals surface area contributed by atoms with Gasteiger partial charge < -0.3 is 16.2 Å². The summed E-state index contributed by atoms with van der Waals surface area (Å²) in [7, 11) is 0. The van der Waals surface area contributed by atoms with Gasteiger partial charge in [-0.15, -0.1) is 11.3 Å². The fourth-order valence-corrected chi connectivity index (χ4v) is 4.03. The number of nitrogens with one attached hydrogen (secondary N) is 1. The zero-order valence-electron chi connectivity index (χ0n) is 9.56. The number of thiophene rings is 1. The third-order valence-corrected chi connectivity index (χ3v) is 5.00. The number of aromatic nitrogens is 2. The van der Waals surface area contributed by atoms with Crippen molar-refractivity contribution in [3.63, 3.8) is 0 Å². The molecular weight excluding hydrogens is 363 g/mol. The number of hydrogen-bond acceptors (Lipinski definition) is 6. The first kappa shape index (κ1) is 12.4. The van der Waals surface area contributed by atoms with Crippen molar-refractivity contribution in [2.24, 2.45) is 0 Å². The van der Waals surface area contributed by atoms with Crippen LogP contribution in [-0.4, -0.2) is 27.2 Å². The second-order valence-electron chi connectivity index (χ2n) is 4.50. The first-order valence-electron chi connectivity index (χ1n) is 5.79. The summed E-state index contributed by atoms with van der Waals surface area (Å²) in [6.45, 7) is 0. The van der Waals surface area contributed by atoms with Crippen LogP contribution in [0.25, 0.3) is 10.2 Å². The Kier molecular flexibility index (Phi) is 3.29. The van der Waals surface area contributed by atoms with Crippen LogP contribution in [0.3, 0.4) is 0 Å². The fraction of sp³-hybridized carbons (Fsp3) is 0.455. The zero-order chi connectivity index (χ0) is 12.7.